The predicted octanol–water partition coefficient (Wildman–Crippen LogP) is 1.83. The molecule has 174 valence electrons. The second-order valence-corrected chi connectivity index (χ2v) is 7.80. The lowest BCUT2D eigenvalue weighted by molar-refractivity contribution is 0.127. The Labute approximate surface area is 206 Å². The van der Waals surface area contributed by atoms with Gasteiger partial charge in [-0.2, -0.15) is 10.4 Å². The number of nitriles is 1. The van der Waals surface area contributed by atoms with E-state index in [9.17, 15) is 10.4 Å². The zero-order valence-electron chi connectivity index (χ0n) is 18.4. The molecule has 1 fully saturated rings. The number of aliphatic hydroxyl groups is 1. The Balaban J connectivity index is 0.00000363. The fourth-order valence-electron chi connectivity index (χ4n) is 3.81. The third kappa shape index (κ3) is 6.34. The molecule has 32 heavy (non-hydrogen) atoms. The molecule has 1 aliphatic rings. The van der Waals surface area contributed by atoms with Crippen molar-refractivity contribution in [3.63, 3.8) is 0 Å². The molecule has 10 heteroatoms. The number of hydrogen-bond donors (Lipinski definition) is 4. The highest BCUT2D eigenvalue weighted by Gasteiger charge is 2.34. The number of benzene rings is 1. The lowest BCUT2D eigenvalue weighted by atomic mass is 9.84. The van der Waals surface area contributed by atoms with Gasteiger partial charge in [0.05, 0.1) is 18.0 Å². The highest BCUT2D eigenvalue weighted by atomic mass is 127. The Hall–Kier alpha value is -2.36. The van der Waals surface area contributed by atoms with Gasteiger partial charge < -0.3 is 26.2 Å². The summed E-state index contributed by atoms with van der Waals surface area (Å²) >= 11 is 0. The number of aromatic nitrogens is 2. The van der Waals surface area contributed by atoms with Crippen LogP contribution >= 0.6 is 24.0 Å². The van der Waals surface area contributed by atoms with E-state index in [0.29, 0.717) is 55.6 Å². The Morgan fingerprint density at radius 3 is 2.78 bits per heavy atom. The molecule has 5 N–H and O–H groups in total. The van der Waals surface area contributed by atoms with E-state index < -0.39 is 0 Å². The molecule has 1 aromatic heterocycles. The van der Waals surface area contributed by atoms with Gasteiger partial charge in [0, 0.05) is 38.8 Å². The summed E-state index contributed by atoms with van der Waals surface area (Å²) < 4.78 is 7.15. The number of hydrogen-bond acceptors (Lipinski definition) is 6. The molecule has 1 atom stereocenters. The molecule has 9 nitrogen and oxygen atoms in total. The molecule has 1 saturated heterocycles. The number of para-hydroxylation sites is 1. The number of aliphatic imine (C=N–C) groups is 1. The maximum absolute atomic E-state index is 9.53. The van der Waals surface area contributed by atoms with E-state index in [1.165, 1.54) is 0 Å². The zero-order valence-corrected chi connectivity index (χ0v) is 20.7. The van der Waals surface area contributed by atoms with E-state index in [2.05, 4.69) is 26.8 Å². The number of aryl methyl sites for hydroxylation is 1. The number of nitrogen functional groups attached to an aromatic ring is 1. The third-order valence-corrected chi connectivity index (χ3v) is 5.67. The summed E-state index contributed by atoms with van der Waals surface area (Å²) in [6.07, 6.45) is 3.03. The second-order valence-electron chi connectivity index (χ2n) is 7.80. The molecule has 1 aliphatic heterocycles. The van der Waals surface area contributed by atoms with Crippen LogP contribution in [-0.4, -0.2) is 60.8 Å². The van der Waals surface area contributed by atoms with Crippen LogP contribution in [0.15, 0.2) is 35.3 Å². The normalized spacial score (nSPS) is 18.1. The van der Waals surface area contributed by atoms with Crippen LogP contribution in [0.4, 0.5) is 5.82 Å². The number of nitrogens with zero attached hydrogens (tertiary/aromatic N) is 4. The van der Waals surface area contributed by atoms with Gasteiger partial charge in [-0.05, 0) is 37.8 Å². The standard InChI is InChI=1S/C22H31N7O2.HI/c1-25-21(27-15-22(9-12-30)10-13-31-16-22)26-11-5-8-19-18(14-23)20(24)29(28-19)17-6-3-2-4-7-17;/h2-4,6-7,30H,5,8-13,15-16,24H2,1H3,(H2,25,26,27);1H. The van der Waals surface area contributed by atoms with Gasteiger partial charge in [-0.25, -0.2) is 4.68 Å². The van der Waals surface area contributed by atoms with Crippen molar-refractivity contribution in [3.8, 4) is 11.8 Å². The molecule has 0 radical (unpaired) electrons. The maximum Gasteiger partial charge on any atom is 0.190 e. The zero-order chi connectivity index (χ0) is 22.1. The quantitative estimate of drug-likeness (QED) is 0.161. The van der Waals surface area contributed by atoms with Gasteiger partial charge in [0.2, 0.25) is 0 Å². The molecule has 0 aliphatic carbocycles. The van der Waals surface area contributed by atoms with Crippen molar-refractivity contribution in [2.75, 3.05) is 45.7 Å². The minimum atomic E-state index is -0.0458. The van der Waals surface area contributed by atoms with Crippen molar-refractivity contribution in [2.24, 2.45) is 10.4 Å². The first-order valence-corrected chi connectivity index (χ1v) is 10.6. The van der Waals surface area contributed by atoms with Crippen LogP contribution in [0.5, 0.6) is 0 Å². The number of anilines is 1. The highest BCUT2D eigenvalue weighted by molar-refractivity contribution is 14.0. The molecule has 0 spiro atoms. The smallest absolute Gasteiger partial charge is 0.190 e. The van der Waals surface area contributed by atoms with Crippen molar-refractivity contribution in [2.45, 2.75) is 25.7 Å². The Morgan fingerprint density at radius 1 is 1.38 bits per heavy atom. The number of nitrogens with one attached hydrogen (secondary N) is 2. The average Bonchev–Trinajstić information content (AvgIpc) is 3.38. The largest absolute Gasteiger partial charge is 0.396 e. The summed E-state index contributed by atoms with van der Waals surface area (Å²) in [7, 11) is 1.73. The Kier molecular flexibility index (Phi) is 10.2. The fraction of sp³-hybridized carbons (Fsp3) is 0.500. The van der Waals surface area contributed by atoms with Gasteiger partial charge in [-0.1, -0.05) is 18.2 Å². The molecule has 3 rings (SSSR count). The van der Waals surface area contributed by atoms with Crippen molar-refractivity contribution >= 4 is 35.8 Å². The molecular weight excluding hydrogens is 521 g/mol. The van der Waals surface area contributed by atoms with E-state index in [-0.39, 0.29) is 36.0 Å². The van der Waals surface area contributed by atoms with Gasteiger partial charge in [-0.15, -0.1) is 24.0 Å². The lowest BCUT2D eigenvalue weighted by Crippen LogP contribution is -2.44. The number of ether oxygens (including phenoxy) is 1. The highest BCUT2D eigenvalue weighted by Crippen LogP contribution is 2.31. The molecule has 2 heterocycles. The number of nitrogens with two attached hydrogens (primary N) is 1. The van der Waals surface area contributed by atoms with Crippen LogP contribution in [0, 0.1) is 16.7 Å². The van der Waals surface area contributed by atoms with Gasteiger partial charge >= 0.3 is 0 Å². The first-order valence-electron chi connectivity index (χ1n) is 10.6. The first kappa shape index (κ1) is 25.9. The van der Waals surface area contributed by atoms with Crippen LogP contribution in [0.3, 0.4) is 0 Å². The van der Waals surface area contributed by atoms with Gasteiger partial charge in [0.25, 0.3) is 0 Å². The minimum absolute atomic E-state index is 0. The van der Waals surface area contributed by atoms with Crippen LogP contribution < -0.4 is 16.4 Å². The number of halogens is 1. The van der Waals surface area contributed by atoms with Crippen LogP contribution in [0.1, 0.15) is 30.5 Å². The maximum atomic E-state index is 9.53. The summed E-state index contributed by atoms with van der Waals surface area (Å²) in [6.45, 7) is 2.90. The van der Waals surface area contributed by atoms with Gasteiger partial charge in [0.15, 0.2) is 5.96 Å². The van der Waals surface area contributed by atoms with E-state index in [0.717, 1.165) is 25.1 Å². The van der Waals surface area contributed by atoms with E-state index in [4.69, 9.17) is 10.5 Å². The summed E-state index contributed by atoms with van der Waals surface area (Å²) in [4.78, 5) is 4.28. The second kappa shape index (κ2) is 12.6. The number of aliphatic hydroxyl groups excluding tert-OH is 1. The summed E-state index contributed by atoms with van der Waals surface area (Å²) in [5, 5.41) is 30.1. The van der Waals surface area contributed by atoms with Crippen LogP contribution in [0.25, 0.3) is 5.69 Å². The summed E-state index contributed by atoms with van der Waals surface area (Å²) in [5.41, 5.74) is 8.07. The predicted molar refractivity (Wildman–Crippen MR) is 135 cm³/mol. The van der Waals surface area contributed by atoms with Gasteiger partial charge in [-0.3, -0.25) is 4.99 Å². The lowest BCUT2D eigenvalue weighted by Gasteiger charge is -2.27. The Morgan fingerprint density at radius 2 is 2.16 bits per heavy atom. The van der Waals surface area contributed by atoms with Crippen LogP contribution in [-0.2, 0) is 11.2 Å². The topological polar surface area (TPSA) is 134 Å². The summed E-state index contributed by atoms with van der Waals surface area (Å²) in [6, 6.07) is 11.7. The van der Waals surface area contributed by atoms with Gasteiger partial charge in [0.1, 0.15) is 17.5 Å². The summed E-state index contributed by atoms with van der Waals surface area (Å²) in [5.74, 6) is 1.07. The van der Waals surface area contributed by atoms with Crippen molar-refractivity contribution in [3.05, 3.63) is 41.6 Å². The molecular formula is C22H32IN7O2. The van der Waals surface area contributed by atoms with Crippen molar-refractivity contribution in [1.29, 1.82) is 5.26 Å². The van der Waals surface area contributed by atoms with Crippen molar-refractivity contribution in [1.82, 2.24) is 20.4 Å². The number of guanidine groups is 1. The Bertz CT molecular complexity index is 918. The van der Waals surface area contributed by atoms with E-state index in [1.54, 1.807) is 11.7 Å². The molecule has 0 bridgehead atoms. The van der Waals surface area contributed by atoms with E-state index in [1.807, 2.05) is 30.3 Å². The molecule has 1 aromatic carbocycles. The molecule has 0 saturated carbocycles. The monoisotopic (exact) mass is 553 g/mol. The van der Waals surface area contributed by atoms with Crippen molar-refractivity contribution < 1.29 is 9.84 Å². The fourth-order valence-corrected chi connectivity index (χ4v) is 3.81. The molecule has 1 unspecified atom stereocenters. The molecule has 2 aromatic rings. The SMILES string of the molecule is CN=C(NCCCc1nn(-c2ccccc2)c(N)c1C#N)NCC1(CCO)CCOC1.I. The minimum Gasteiger partial charge on any atom is -0.396 e. The average molecular weight is 553 g/mol. The number of rotatable bonds is 9. The van der Waals surface area contributed by atoms with Crippen LogP contribution in [0.2, 0.25) is 0 Å². The third-order valence-electron chi connectivity index (χ3n) is 5.67. The molecule has 0 amide bonds. The van der Waals surface area contributed by atoms with E-state index >= 15 is 0 Å². The first-order chi connectivity index (χ1) is 15.1.